The van der Waals surface area contributed by atoms with E-state index in [1.165, 1.54) is 19.3 Å². The normalized spacial score (nSPS) is 37.6. The lowest BCUT2D eigenvalue weighted by atomic mass is 9.87. The molecular formula is C12H18N2O2. The van der Waals surface area contributed by atoms with Crippen molar-refractivity contribution in [1.29, 1.82) is 0 Å². The van der Waals surface area contributed by atoms with E-state index in [0.29, 0.717) is 19.0 Å². The van der Waals surface area contributed by atoms with Gasteiger partial charge in [-0.25, -0.2) is 0 Å². The molecule has 1 heterocycles. The minimum absolute atomic E-state index is 0.0113. The lowest BCUT2D eigenvalue weighted by Gasteiger charge is -2.31. The molecule has 2 bridgehead atoms. The first kappa shape index (κ1) is 10.1. The molecule has 2 saturated carbocycles. The number of amides is 2. The Kier molecular flexibility index (Phi) is 2.37. The van der Waals surface area contributed by atoms with Gasteiger partial charge in [0.1, 0.15) is 0 Å². The van der Waals surface area contributed by atoms with Crippen LogP contribution in [0.3, 0.4) is 0 Å². The van der Waals surface area contributed by atoms with E-state index in [9.17, 15) is 9.59 Å². The Morgan fingerprint density at radius 3 is 2.81 bits per heavy atom. The molecule has 4 nitrogen and oxygen atoms in total. The summed E-state index contributed by atoms with van der Waals surface area (Å²) in [5.41, 5.74) is 0. The second-order valence-electron chi connectivity index (χ2n) is 5.39. The highest BCUT2D eigenvalue weighted by atomic mass is 16.2. The van der Waals surface area contributed by atoms with Gasteiger partial charge in [0, 0.05) is 19.0 Å². The van der Waals surface area contributed by atoms with E-state index >= 15 is 0 Å². The summed E-state index contributed by atoms with van der Waals surface area (Å²) in [5, 5.41) is 2.76. The van der Waals surface area contributed by atoms with Crippen LogP contribution in [0.4, 0.5) is 0 Å². The molecule has 1 saturated heterocycles. The number of carbonyl (C=O) groups is 2. The van der Waals surface area contributed by atoms with Crippen LogP contribution in [0.25, 0.3) is 0 Å². The van der Waals surface area contributed by atoms with Crippen molar-refractivity contribution in [2.45, 2.75) is 25.7 Å². The van der Waals surface area contributed by atoms with Crippen molar-refractivity contribution >= 4 is 11.8 Å². The predicted octanol–water partition coefficient (Wildman–Crippen LogP) is 0.381. The Hall–Kier alpha value is -1.06. The Bertz CT molecular complexity index is 329. The molecule has 88 valence electrons. The van der Waals surface area contributed by atoms with Gasteiger partial charge in [0.15, 0.2) is 0 Å². The number of rotatable bonds is 1. The fourth-order valence-corrected chi connectivity index (χ4v) is 3.61. The number of piperazine rings is 1. The van der Waals surface area contributed by atoms with Gasteiger partial charge in [0.2, 0.25) is 11.8 Å². The van der Waals surface area contributed by atoms with Crippen molar-refractivity contribution in [2.75, 3.05) is 19.6 Å². The van der Waals surface area contributed by atoms with Gasteiger partial charge < -0.3 is 10.2 Å². The maximum absolute atomic E-state index is 12.3. The largest absolute Gasteiger partial charge is 0.353 e. The fraction of sp³-hybridized carbons (Fsp3) is 0.833. The van der Waals surface area contributed by atoms with Crippen LogP contribution in [0.15, 0.2) is 0 Å². The quantitative estimate of drug-likeness (QED) is 0.697. The Balaban J connectivity index is 1.66. The van der Waals surface area contributed by atoms with Gasteiger partial charge in [-0.2, -0.15) is 0 Å². The topological polar surface area (TPSA) is 49.4 Å². The van der Waals surface area contributed by atoms with Gasteiger partial charge >= 0.3 is 0 Å². The molecule has 0 spiro atoms. The summed E-state index contributed by atoms with van der Waals surface area (Å²) >= 11 is 0. The maximum Gasteiger partial charge on any atom is 0.239 e. The zero-order valence-electron chi connectivity index (χ0n) is 9.45. The van der Waals surface area contributed by atoms with E-state index in [4.69, 9.17) is 0 Å². The van der Waals surface area contributed by atoms with Gasteiger partial charge in [-0.05, 0) is 31.1 Å². The molecule has 3 aliphatic rings. The summed E-state index contributed by atoms with van der Waals surface area (Å²) in [6, 6.07) is 0. The van der Waals surface area contributed by atoms with Crippen molar-refractivity contribution < 1.29 is 9.59 Å². The van der Waals surface area contributed by atoms with Crippen LogP contribution in [-0.4, -0.2) is 36.3 Å². The van der Waals surface area contributed by atoms with E-state index in [-0.39, 0.29) is 24.3 Å². The fourth-order valence-electron chi connectivity index (χ4n) is 3.61. The molecule has 0 aromatic carbocycles. The van der Waals surface area contributed by atoms with Crippen LogP contribution in [0.5, 0.6) is 0 Å². The van der Waals surface area contributed by atoms with Crippen LogP contribution >= 0.6 is 0 Å². The summed E-state index contributed by atoms with van der Waals surface area (Å²) in [6.07, 6.45) is 4.86. The van der Waals surface area contributed by atoms with Gasteiger partial charge in [-0.1, -0.05) is 6.42 Å². The number of nitrogens with zero attached hydrogens (tertiary/aromatic N) is 1. The number of hydrogen-bond acceptors (Lipinski definition) is 2. The smallest absolute Gasteiger partial charge is 0.239 e. The molecule has 2 amide bonds. The SMILES string of the molecule is O=C1CN(C(=O)C2CC3CCC2C3)CCN1. The van der Waals surface area contributed by atoms with Crippen molar-refractivity contribution in [3.63, 3.8) is 0 Å². The van der Waals surface area contributed by atoms with E-state index in [2.05, 4.69) is 5.32 Å². The lowest BCUT2D eigenvalue weighted by Crippen LogP contribution is -2.52. The Labute approximate surface area is 95.4 Å². The summed E-state index contributed by atoms with van der Waals surface area (Å²) in [7, 11) is 0. The van der Waals surface area contributed by atoms with Crippen LogP contribution in [0.2, 0.25) is 0 Å². The van der Waals surface area contributed by atoms with Gasteiger partial charge in [0.05, 0.1) is 6.54 Å². The van der Waals surface area contributed by atoms with Gasteiger partial charge in [0.25, 0.3) is 0 Å². The molecule has 1 N–H and O–H groups in total. The van der Waals surface area contributed by atoms with Crippen molar-refractivity contribution in [2.24, 2.45) is 17.8 Å². The van der Waals surface area contributed by atoms with E-state index in [1.54, 1.807) is 4.90 Å². The second-order valence-corrected chi connectivity index (χ2v) is 5.39. The molecule has 3 fully saturated rings. The molecule has 3 atom stereocenters. The zero-order valence-corrected chi connectivity index (χ0v) is 9.45. The summed E-state index contributed by atoms with van der Waals surface area (Å²) < 4.78 is 0. The first-order valence-electron chi connectivity index (χ1n) is 6.29. The molecule has 3 unspecified atom stereocenters. The van der Waals surface area contributed by atoms with Crippen LogP contribution in [0.1, 0.15) is 25.7 Å². The lowest BCUT2D eigenvalue weighted by molar-refractivity contribution is -0.142. The number of hydrogen-bond donors (Lipinski definition) is 1. The van der Waals surface area contributed by atoms with E-state index in [0.717, 1.165) is 12.3 Å². The summed E-state index contributed by atoms with van der Waals surface area (Å²) in [4.78, 5) is 25.3. The average molecular weight is 222 g/mol. The Morgan fingerprint density at radius 1 is 1.31 bits per heavy atom. The number of fused-ring (bicyclic) bond motifs is 2. The van der Waals surface area contributed by atoms with Crippen LogP contribution < -0.4 is 5.32 Å². The number of nitrogens with one attached hydrogen (secondary N) is 1. The molecule has 0 aromatic heterocycles. The monoisotopic (exact) mass is 222 g/mol. The predicted molar refractivity (Wildman–Crippen MR) is 58.5 cm³/mol. The zero-order chi connectivity index (χ0) is 11.1. The van der Waals surface area contributed by atoms with E-state index in [1.807, 2.05) is 0 Å². The highest BCUT2D eigenvalue weighted by Crippen LogP contribution is 2.48. The highest BCUT2D eigenvalue weighted by molar-refractivity contribution is 5.87. The molecule has 3 rings (SSSR count). The number of carbonyl (C=O) groups excluding carboxylic acids is 2. The van der Waals surface area contributed by atoms with E-state index < -0.39 is 0 Å². The second kappa shape index (κ2) is 3.75. The van der Waals surface area contributed by atoms with Crippen LogP contribution in [0, 0.1) is 17.8 Å². The molecule has 1 aliphatic heterocycles. The molecule has 2 aliphatic carbocycles. The first-order valence-corrected chi connectivity index (χ1v) is 6.29. The Morgan fingerprint density at radius 2 is 2.19 bits per heavy atom. The molecular weight excluding hydrogens is 204 g/mol. The average Bonchev–Trinajstić information content (AvgIpc) is 2.89. The minimum atomic E-state index is -0.0113. The summed E-state index contributed by atoms with van der Waals surface area (Å²) in [6.45, 7) is 1.58. The van der Waals surface area contributed by atoms with Gasteiger partial charge in [-0.15, -0.1) is 0 Å². The van der Waals surface area contributed by atoms with Crippen molar-refractivity contribution in [1.82, 2.24) is 10.2 Å². The molecule has 4 heteroatoms. The molecule has 0 radical (unpaired) electrons. The third-order valence-corrected chi connectivity index (χ3v) is 4.41. The first-order chi connectivity index (χ1) is 7.74. The highest BCUT2D eigenvalue weighted by Gasteiger charge is 2.44. The van der Waals surface area contributed by atoms with Crippen molar-refractivity contribution in [3.8, 4) is 0 Å². The van der Waals surface area contributed by atoms with Crippen molar-refractivity contribution in [3.05, 3.63) is 0 Å². The standard InChI is InChI=1S/C12H18N2O2/c15-11-7-14(4-3-13-11)12(16)10-6-8-1-2-9(10)5-8/h8-10H,1-7H2,(H,13,15). The summed E-state index contributed by atoms with van der Waals surface area (Å²) in [5.74, 6) is 1.86. The molecule has 16 heavy (non-hydrogen) atoms. The van der Waals surface area contributed by atoms with Crippen LogP contribution in [-0.2, 0) is 9.59 Å². The van der Waals surface area contributed by atoms with Gasteiger partial charge in [-0.3, -0.25) is 9.59 Å². The molecule has 0 aromatic rings. The maximum atomic E-state index is 12.3. The third-order valence-electron chi connectivity index (χ3n) is 4.41. The third kappa shape index (κ3) is 1.60. The minimum Gasteiger partial charge on any atom is -0.353 e.